The van der Waals surface area contributed by atoms with Gasteiger partial charge in [-0.1, -0.05) is 0 Å². The molecule has 1 aliphatic rings. The highest BCUT2D eigenvalue weighted by Gasteiger charge is 2.36. The van der Waals surface area contributed by atoms with Crippen LogP contribution in [0.5, 0.6) is 0 Å². The second-order valence-electron chi connectivity index (χ2n) is 4.36. The molecule has 0 amide bonds. The zero-order valence-electron chi connectivity index (χ0n) is 9.75. The van der Waals surface area contributed by atoms with E-state index in [1.54, 1.807) is 0 Å². The SMILES string of the molecule is CNc1ncnc(NC2(CO)CCC2)c1C. The van der Waals surface area contributed by atoms with Crippen molar-refractivity contribution in [3.8, 4) is 0 Å². The zero-order chi connectivity index (χ0) is 11.6. The summed E-state index contributed by atoms with van der Waals surface area (Å²) in [6.45, 7) is 2.13. The Hall–Kier alpha value is -1.36. The van der Waals surface area contributed by atoms with Crippen LogP contribution in [-0.4, -0.2) is 34.3 Å². The molecular weight excluding hydrogens is 204 g/mol. The lowest BCUT2D eigenvalue weighted by Crippen LogP contribution is -2.48. The maximum absolute atomic E-state index is 9.39. The topological polar surface area (TPSA) is 70.1 Å². The predicted molar refractivity (Wildman–Crippen MR) is 63.6 cm³/mol. The van der Waals surface area contributed by atoms with Gasteiger partial charge < -0.3 is 15.7 Å². The number of aromatic nitrogens is 2. The van der Waals surface area contributed by atoms with Gasteiger partial charge in [-0.3, -0.25) is 0 Å². The molecular formula is C11H18N4O. The van der Waals surface area contributed by atoms with E-state index < -0.39 is 0 Å². The fourth-order valence-electron chi connectivity index (χ4n) is 2.01. The Morgan fingerprint density at radius 1 is 1.38 bits per heavy atom. The van der Waals surface area contributed by atoms with Crippen molar-refractivity contribution in [3.63, 3.8) is 0 Å². The molecule has 0 radical (unpaired) electrons. The highest BCUT2D eigenvalue weighted by atomic mass is 16.3. The van der Waals surface area contributed by atoms with Crippen LogP contribution < -0.4 is 10.6 Å². The Labute approximate surface area is 95.3 Å². The summed E-state index contributed by atoms with van der Waals surface area (Å²) < 4.78 is 0. The Morgan fingerprint density at radius 3 is 2.56 bits per heavy atom. The monoisotopic (exact) mass is 222 g/mol. The van der Waals surface area contributed by atoms with Crippen molar-refractivity contribution >= 4 is 11.6 Å². The van der Waals surface area contributed by atoms with Crippen molar-refractivity contribution < 1.29 is 5.11 Å². The molecule has 0 bridgehead atoms. The van der Waals surface area contributed by atoms with Gasteiger partial charge in [0.1, 0.15) is 18.0 Å². The molecule has 0 spiro atoms. The lowest BCUT2D eigenvalue weighted by molar-refractivity contribution is 0.143. The van der Waals surface area contributed by atoms with Crippen LogP contribution >= 0.6 is 0 Å². The molecule has 0 atom stereocenters. The maximum Gasteiger partial charge on any atom is 0.134 e. The second kappa shape index (κ2) is 4.25. The van der Waals surface area contributed by atoms with Crippen molar-refractivity contribution in [2.45, 2.75) is 31.7 Å². The lowest BCUT2D eigenvalue weighted by Gasteiger charge is -2.41. The van der Waals surface area contributed by atoms with Crippen LogP contribution in [0.2, 0.25) is 0 Å². The third-order valence-electron chi connectivity index (χ3n) is 3.32. The molecule has 1 saturated carbocycles. The van der Waals surface area contributed by atoms with E-state index in [4.69, 9.17) is 0 Å². The molecule has 5 nitrogen and oxygen atoms in total. The Bertz CT molecular complexity index is 371. The number of rotatable bonds is 4. The maximum atomic E-state index is 9.39. The van der Waals surface area contributed by atoms with Crippen LogP contribution in [0.1, 0.15) is 24.8 Å². The highest BCUT2D eigenvalue weighted by Crippen LogP contribution is 2.35. The summed E-state index contributed by atoms with van der Waals surface area (Å²) in [7, 11) is 1.84. The van der Waals surface area contributed by atoms with Crippen molar-refractivity contribution in [3.05, 3.63) is 11.9 Å². The van der Waals surface area contributed by atoms with Gasteiger partial charge in [0.15, 0.2) is 0 Å². The van der Waals surface area contributed by atoms with E-state index in [-0.39, 0.29) is 12.1 Å². The second-order valence-corrected chi connectivity index (χ2v) is 4.36. The molecule has 1 aliphatic carbocycles. The molecule has 88 valence electrons. The minimum Gasteiger partial charge on any atom is -0.394 e. The Kier molecular flexibility index (Phi) is 2.96. The van der Waals surface area contributed by atoms with Gasteiger partial charge in [-0.05, 0) is 26.2 Å². The number of hydrogen-bond acceptors (Lipinski definition) is 5. The van der Waals surface area contributed by atoms with Gasteiger partial charge >= 0.3 is 0 Å². The molecule has 5 heteroatoms. The Morgan fingerprint density at radius 2 is 2.06 bits per heavy atom. The highest BCUT2D eigenvalue weighted by molar-refractivity contribution is 5.57. The van der Waals surface area contributed by atoms with Gasteiger partial charge in [0.05, 0.1) is 12.1 Å². The van der Waals surface area contributed by atoms with Gasteiger partial charge in [-0.25, -0.2) is 9.97 Å². The average Bonchev–Trinajstić information content (AvgIpc) is 2.25. The number of nitrogens with zero attached hydrogens (tertiary/aromatic N) is 2. The minimum atomic E-state index is -0.163. The minimum absolute atomic E-state index is 0.158. The fourth-order valence-corrected chi connectivity index (χ4v) is 2.01. The van der Waals surface area contributed by atoms with Crippen LogP contribution in [-0.2, 0) is 0 Å². The van der Waals surface area contributed by atoms with E-state index in [9.17, 15) is 5.11 Å². The largest absolute Gasteiger partial charge is 0.394 e. The van der Waals surface area contributed by atoms with E-state index in [0.717, 1.165) is 36.5 Å². The fraction of sp³-hybridized carbons (Fsp3) is 0.636. The van der Waals surface area contributed by atoms with Crippen LogP contribution in [0.4, 0.5) is 11.6 Å². The van der Waals surface area contributed by atoms with Gasteiger partial charge in [0.25, 0.3) is 0 Å². The van der Waals surface area contributed by atoms with Crippen LogP contribution in [0.25, 0.3) is 0 Å². The van der Waals surface area contributed by atoms with E-state index in [1.165, 1.54) is 6.33 Å². The molecule has 1 fully saturated rings. The number of aliphatic hydroxyl groups is 1. The molecule has 16 heavy (non-hydrogen) atoms. The summed E-state index contributed by atoms with van der Waals surface area (Å²) in [4.78, 5) is 8.36. The molecule has 3 N–H and O–H groups in total. The predicted octanol–water partition coefficient (Wildman–Crippen LogP) is 1.15. The molecule has 1 aromatic rings. The first-order valence-electron chi connectivity index (χ1n) is 5.59. The van der Waals surface area contributed by atoms with E-state index in [2.05, 4.69) is 20.6 Å². The number of anilines is 2. The van der Waals surface area contributed by atoms with Gasteiger partial charge in [-0.2, -0.15) is 0 Å². The summed E-state index contributed by atoms with van der Waals surface area (Å²) in [6, 6.07) is 0. The van der Waals surface area contributed by atoms with E-state index in [0.29, 0.717) is 0 Å². The van der Waals surface area contributed by atoms with E-state index in [1.807, 2.05) is 14.0 Å². The first kappa shape index (κ1) is 11.1. The third kappa shape index (κ3) is 1.82. The standard InChI is InChI=1S/C11H18N4O/c1-8-9(12-2)13-7-14-10(8)15-11(6-16)4-3-5-11/h7,16H,3-6H2,1-2H3,(H2,12,13,14,15). The smallest absolute Gasteiger partial charge is 0.134 e. The number of aliphatic hydroxyl groups excluding tert-OH is 1. The normalized spacial score (nSPS) is 17.7. The molecule has 0 aliphatic heterocycles. The molecule has 2 rings (SSSR count). The molecule has 1 aromatic heterocycles. The molecule has 0 saturated heterocycles. The Balaban J connectivity index is 2.21. The molecule has 1 heterocycles. The van der Waals surface area contributed by atoms with Crippen LogP contribution in [0, 0.1) is 6.92 Å². The summed E-state index contributed by atoms with van der Waals surface area (Å²) in [6.07, 6.45) is 4.70. The number of hydrogen-bond donors (Lipinski definition) is 3. The average molecular weight is 222 g/mol. The van der Waals surface area contributed by atoms with E-state index >= 15 is 0 Å². The van der Waals surface area contributed by atoms with Crippen molar-refractivity contribution in [1.82, 2.24) is 9.97 Å². The summed E-state index contributed by atoms with van der Waals surface area (Å²) in [5, 5.41) is 15.8. The van der Waals surface area contributed by atoms with Crippen LogP contribution in [0.3, 0.4) is 0 Å². The summed E-state index contributed by atoms with van der Waals surface area (Å²) in [5.74, 6) is 1.64. The van der Waals surface area contributed by atoms with Crippen molar-refractivity contribution in [2.75, 3.05) is 24.3 Å². The number of nitrogens with one attached hydrogen (secondary N) is 2. The molecule has 0 aromatic carbocycles. The summed E-state index contributed by atoms with van der Waals surface area (Å²) in [5.41, 5.74) is 0.828. The van der Waals surface area contributed by atoms with Crippen molar-refractivity contribution in [1.29, 1.82) is 0 Å². The quantitative estimate of drug-likeness (QED) is 0.713. The van der Waals surface area contributed by atoms with Gasteiger partial charge in [-0.15, -0.1) is 0 Å². The third-order valence-corrected chi connectivity index (χ3v) is 3.32. The van der Waals surface area contributed by atoms with Crippen LogP contribution in [0.15, 0.2) is 6.33 Å². The zero-order valence-corrected chi connectivity index (χ0v) is 9.75. The first-order valence-corrected chi connectivity index (χ1v) is 5.59. The van der Waals surface area contributed by atoms with Gasteiger partial charge in [0.2, 0.25) is 0 Å². The van der Waals surface area contributed by atoms with Gasteiger partial charge in [0, 0.05) is 12.6 Å². The summed E-state index contributed by atoms with van der Waals surface area (Å²) >= 11 is 0. The lowest BCUT2D eigenvalue weighted by atomic mass is 9.77. The molecule has 0 unspecified atom stereocenters. The van der Waals surface area contributed by atoms with Crippen molar-refractivity contribution in [2.24, 2.45) is 0 Å². The first-order chi connectivity index (χ1) is 7.71.